The molecule has 1 aromatic carbocycles. The van der Waals surface area contributed by atoms with Gasteiger partial charge in [-0.1, -0.05) is 30.3 Å². The topological polar surface area (TPSA) is 101 Å². The Morgan fingerprint density at radius 2 is 1.79 bits per heavy atom. The first-order valence-corrected chi connectivity index (χ1v) is 6.23. The summed E-state index contributed by atoms with van der Waals surface area (Å²) in [5.74, 6) is -1.59. The number of aliphatic hydroxyl groups is 1. The van der Waals surface area contributed by atoms with Gasteiger partial charge in [0.25, 0.3) is 0 Å². The van der Waals surface area contributed by atoms with Gasteiger partial charge in [0.2, 0.25) is 0 Å². The summed E-state index contributed by atoms with van der Waals surface area (Å²) < 4.78 is 0. The van der Waals surface area contributed by atoms with Crippen molar-refractivity contribution in [2.24, 2.45) is 5.73 Å². The molecule has 0 heterocycles. The van der Waals surface area contributed by atoms with Crippen molar-refractivity contribution in [2.75, 3.05) is 6.61 Å². The summed E-state index contributed by atoms with van der Waals surface area (Å²) in [6, 6.07) is 8.15. The third kappa shape index (κ3) is 4.81. The van der Waals surface area contributed by atoms with E-state index in [0.29, 0.717) is 6.42 Å². The molecule has 2 atom stereocenters. The SMILES string of the molecule is NC(CCC(=O)C(CCO)c1ccccc1)C(=O)O. The summed E-state index contributed by atoms with van der Waals surface area (Å²) in [6.07, 6.45) is 0.557. The summed E-state index contributed by atoms with van der Waals surface area (Å²) in [5, 5.41) is 17.7. The molecule has 0 radical (unpaired) electrons. The number of hydrogen-bond acceptors (Lipinski definition) is 4. The average molecular weight is 265 g/mol. The fourth-order valence-corrected chi connectivity index (χ4v) is 1.92. The summed E-state index contributed by atoms with van der Waals surface area (Å²) in [4.78, 5) is 22.7. The van der Waals surface area contributed by atoms with Gasteiger partial charge in [-0.2, -0.15) is 0 Å². The highest BCUT2D eigenvalue weighted by molar-refractivity contribution is 5.86. The maximum atomic E-state index is 12.1. The molecule has 0 saturated heterocycles. The molecule has 5 nitrogen and oxygen atoms in total. The van der Waals surface area contributed by atoms with Gasteiger partial charge in [-0.3, -0.25) is 9.59 Å². The smallest absolute Gasteiger partial charge is 0.320 e. The summed E-state index contributed by atoms with van der Waals surface area (Å²) in [5.41, 5.74) is 6.21. The minimum atomic E-state index is -1.11. The van der Waals surface area contributed by atoms with E-state index in [2.05, 4.69) is 0 Å². The van der Waals surface area contributed by atoms with E-state index in [1.54, 1.807) is 0 Å². The Balaban J connectivity index is 2.66. The van der Waals surface area contributed by atoms with Crippen LogP contribution in [0.3, 0.4) is 0 Å². The largest absolute Gasteiger partial charge is 0.480 e. The molecule has 0 aliphatic heterocycles. The Hall–Kier alpha value is -1.72. The van der Waals surface area contributed by atoms with E-state index in [9.17, 15) is 9.59 Å². The summed E-state index contributed by atoms with van der Waals surface area (Å²) >= 11 is 0. The predicted molar refractivity (Wildman–Crippen MR) is 70.7 cm³/mol. The molecule has 1 rings (SSSR count). The Morgan fingerprint density at radius 1 is 1.16 bits per heavy atom. The van der Waals surface area contributed by atoms with E-state index in [1.807, 2.05) is 30.3 Å². The van der Waals surface area contributed by atoms with Crippen molar-refractivity contribution in [3.05, 3.63) is 35.9 Å². The Morgan fingerprint density at radius 3 is 2.32 bits per heavy atom. The van der Waals surface area contributed by atoms with Crippen molar-refractivity contribution < 1.29 is 19.8 Å². The van der Waals surface area contributed by atoms with Crippen LogP contribution in [0.15, 0.2) is 30.3 Å². The molecular weight excluding hydrogens is 246 g/mol. The minimum absolute atomic E-state index is 0.0862. The zero-order valence-corrected chi connectivity index (χ0v) is 10.7. The molecule has 0 fully saturated rings. The Labute approximate surface area is 112 Å². The van der Waals surface area contributed by atoms with Crippen LogP contribution in [0.4, 0.5) is 0 Å². The third-order valence-corrected chi connectivity index (χ3v) is 3.03. The number of ketones is 1. The van der Waals surface area contributed by atoms with E-state index < -0.39 is 17.9 Å². The number of Topliss-reactive ketones (excluding diaryl/α,β-unsaturated/α-hetero) is 1. The van der Waals surface area contributed by atoms with Crippen LogP contribution in [0, 0.1) is 0 Å². The van der Waals surface area contributed by atoms with Gasteiger partial charge >= 0.3 is 5.97 Å². The van der Waals surface area contributed by atoms with Crippen molar-refractivity contribution in [3.8, 4) is 0 Å². The number of nitrogens with two attached hydrogens (primary N) is 1. The summed E-state index contributed by atoms with van der Waals surface area (Å²) in [6.45, 7) is -0.0870. The molecule has 0 aliphatic rings. The molecule has 4 N–H and O–H groups in total. The van der Waals surface area contributed by atoms with Gasteiger partial charge in [0, 0.05) is 18.9 Å². The number of hydrogen-bond donors (Lipinski definition) is 3. The third-order valence-electron chi connectivity index (χ3n) is 3.03. The van der Waals surface area contributed by atoms with Gasteiger partial charge < -0.3 is 15.9 Å². The van der Waals surface area contributed by atoms with E-state index in [4.69, 9.17) is 15.9 Å². The summed E-state index contributed by atoms with van der Waals surface area (Å²) in [7, 11) is 0. The Kier molecular flexibility index (Phi) is 6.18. The first-order valence-electron chi connectivity index (χ1n) is 6.23. The fourth-order valence-electron chi connectivity index (χ4n) is 1.92. The van der Waals surface area contributed by atoms with E-state index in [0.717, 1.165) is 5.56 Å². The van der Waals surface area contributed by atoms with Crippen LogP contribution in [0.2, 0.25) is 0 Å². The molecule has 0 aromatic heterocycles. The van der Waals surface area contributed by atoms with Crippen LogP contribution in [0.1, 0.15) is 30.7 Å². The number of carbonyl (C=O) groups is 2. The minimum Gasteiger partial charge on any atom is -0.480 e. The lowest BCUT2D eigenvalue weighted by Gasteiger charge is -2.15. The molecule has 0 bridgehead atoms. The molecule has 0 saturated carbocycles. The molecule has 104 valence electrons. The molecule has 0 spiro atoms. The highest BCUT2D eigenvalue weighted by Gasteiger charge is 2.21. The van der Waals surface area contributed by atoms with E-state index in [-0.39, 0.29) is 25.2 Å². The molecule has 0 amide bonds. The predicted octanol–water partition coefficient (Wildman–Crippen LogP) is 0.914. The number of benzene rings is 1. The second-order valence-electron chi connectivity index (χ2n) is 4.43. The number of rotatable bonds is 8. The van der Waals surface area contributed by atoms with Gasteiger partial charge in [-0.05, 0) is 18.4 Å². The number of carbonyl (C=O) groups excluding carboxylic acids is 1. The first-order chi connectivity index (χ1) is 9.06. The Bertz CT molecular complexity index is 419. The maximum Gasteiger partial charge on any atom is 0.320 e. The fraction of sp³-hybridized carbons (Fsp3) is 0.429. The monoisotopic (exact) mass is 265 g/mol. The van der Waals surface area contributed by atoms with Crippen molar-refractivity contribution in [1.29, 1.82) is 0 Å². The normalized spacial score (nSPS) is 13.8. The highest BCUT2D eigenvalue weighted by Crippen LogP contribution is 2.22. The molecule has 19 heavy (non-hydrogen) atoms. The van der Waals surface area contributed by atoms with Gasteiger partial charge in [-0.25, -0.2) is 0 Å². The molecular formula is C14H19NO4. The van der Waals surface area contributed by atoms with Crippen LogP contribution >= 0.6 is 0 Å². The number of carboxylic acid groups (broad SMARTS) is 1. The maximum absolute atomic E-state index is 12.1. The van der Waals surface area contributed by atoms with Crippen LogP contribution in [-0.2, 0) is 9.59 Å². The van der Waals surface area contributed by atoms with Crippen LogP contribution in [0.25, 0.3) is 0 Å². The van der Waals surface area contributed by atoms with Crippen LogP contribution in [0.5, 0.6) is 0 Å². The molecule has 1 aromatic rings. The van der Waals surface area contributed by atoms with Crippen LogP contribution in [-0.4, -0.2) is 34.6 Å². The van der Waals surface area contributed by atoms with Gasteiger partial charge in [0.15, 0.2) is 0 Å². The van der Waals surface area contributed by atoms with E-state index >= 15 is 0 Å². The second-order valence-corrected chi connectivity index (χ2v) is 4.43. The zero-order valence-electron chi connectivity index (χ0n) is 10.7. The van der Waals surface area contributed by atoms with Crippen molar-refractivity contribution in [2.45, 2.75) is 31.2 Å². The number of carboxylic acids is 1. The quantitative estimate of drug-likeness (QED) is 0.648. The molecule has 5 heteroatoms. The standard InChI is InChI=1S/C14H19NO4/c15-12(14(18)19)6-7-13(17)11(8-9-16)10-4-2-1-3-5-10/h1-5,11-12,16H,6-9,15H2,(H,18,19). The second kappa shape index (κ2) is 7.66. The van der Waals surface area contributed by atoms with Crippen molar-refractivity contribution in [3.63, 3.8) is 0 Å². The first kappa shape index (κ1) is 15.3. The lowest BCUT2D eigenvalue weighted by atomic mass is 9.89. The van der Waals surface area contributed by atoms with Gasteiger partial charge in [-0.15, -0.1) is 0 Å². The molecule has 0 aliphatic carbocycles. The van der Waals surface area contributed by atoms with Crippen molar-refractivity contribution in [1.82, 2.24) is 0 Å². The average Bonchev–Trinajstić information content (AvgIpc) is 2.42. The highest BCUT2D eigenvalue weighted by atomic mass is 16.4. The lowest BCUT2D eigenvalue weighted by Crippen LogP contribution is -2.31. The zero-order chi connectivity index (χ0) is 14.3. The number of aliphatic carboxylic acids is 1. The van der Waals surface area contributed by atoms with Crippen LogP contribution < -0.4 is 5.73 Å². The number of aliphatic hydroxyl groups excluding tert-OH is 1. The van der Waals surface area contributed by atoms with Crippen molar-refractivity contribution >= 4 is 11.8 Å². The lowest BCUT2D eigenvalue weighted by molar-refractivity contribution is -0.138. The van der Waals surface area contributed by atoms with E-state index in [1.165, 1.54) is 0 Å². The molecule has 2 unspecified atom stereocenters. The van der Waals surface area contributed by atoms with Gasteiger partial charge in [0.05, 0.1) is 0 Å². The van der Waals surface area contributed by atoms with Gasteiger partial charge in [0.1, 0.15) is 11.8 Å².